The zero-order chi connectivity index (χ0) is 21.6. The van der Waals surface area contributed by atoms with Crippen molar-refractivity contribution < 1.29 is 19.4 Å². The van der Waals surface area contributed by atoms with Crippen molar-refractivity contribution in [3.05, 3.63) is 34.9 Å². The highest BCUT2D eigenvalue weighted by Gasteiger charge is 2.17. The summed E-state index contributed by atoms with van der Waals surface area (Å²) in [4.78, 5) is 27.2. The van der Waals surface area contributed by atoms with Crippen molar-refractivity contribution in [3.8, 4) is 12.3 Å². The molecule has 0 aliphatic heterocycles. The van der Waals surface area contributed by atoms with Gasteiger partial charge in [0.1, 0.15) is 0 Å². The van der Waals surface area contributed by atoms with E-state index in [0.717, 1.165) is 18.4 Å². The number of nitrogens with zero attached hydrogens (tertiary/aromatic N) is 1. The number of terminal acetylenes is 1. The number of carbonyl (C=O) groups excluding carboxylic acids is 2. The number of benzene rings is 1. The molecule has 29 heavy (non-hydrogen) atoms. The fourth-order valence-corrected chi connectivity index (χ4v) is 2.94. The second-order valence-electron chi connectivity index (χ2n) is 7.10. The van der Waals surface area contributed by atoms with Crippen molar-refractivity contribution in [2.45, 2.75) is 52.6 Å². The third-order valence-corrected chi connectivity index (χ3v) is 4.35. The number of amides is 2. The van der Waals surface area contributed by atoms with E-state index < -0.39 is 6.10 Å². The quantitative estimate of drug-likeness (QED) is 0.393. The first-order chi connectivity index (χ1) is 13.9. The Bertz CT molecular complexity index is 691. The molecule has 2 N–H and O–H groups in total. The summed E-state index contributed by atoms with van der Waals surface area (Å²) in [5.41, 5.74) is 1.77. The highest BCUT2D eigenvalue weighted by molar-refractivity contribution is 6.00. The van der Waals surface area contributed by atoms with Gasteiger partial charge in [0, 0.05) is 43.8 Å². The third kappa shape index (κ3) is 9.12. The van der Waals surface area contributed by atoms with Gasteiger partial charge in [-0.2, -0.15) is 0 Å². The minimum atomic E-state index is -0.708. The van der Waals surface area contributed by atoms with Gasteiger partial charge in [-0.25, -0.2) is 0 Å². The van der Waals surface area contributed by atoms with Gasteiger partial charge in [0.05, 0.1) is 12.7 Å². The zero-order valence-corrected chi connectivity index (χ0v) is 17.9. The van der Waals surface area contributed by atoms with Crippen LogP contribution in [0.5, 0.6) is 0 Å². The maximum atomic E-state index is 12.8. The molecule has 1 atom stereocenters. The number of hydrogen-bond donors (Lipinski definition) is 2. The molecule has 0 heterocycles. The largest absolute Gasteiger partial charge is 0.391 e. The average molecular weight is 403 g/mol. The molecule has 1 aromatic rings. The van der Waals surface area contributed by atoms with Gasteiger partial charge in [0.25, 0.3) is 11.8 Å². The zero-order valence-electron chi connectivity index (χ0n) is 17.9. The molecule has 0 aliphatic rings. The lowest BCUT2D eigenvalue weighted by molar-refractivity contribution is 0.0754. The molecular formula is C23H34N2O4. The summed E-state index contributed by atoms with van der Waals surface area (Å²) >= 11 is 0. The van der Waals surface area contributed by atoms with E-state index in [1.165, 1.54) is 0 Å². The molecule has 0 radical (unpaired) electrons. The van der Waals surface area contributed by atoms with Gasteiger partial charge in [-0.05, 0) is 49.9 Å². The van der Waals surface area contributed by atoms with Gasteiger partial charge in [-0.15, -0.1) is 12.3 Å². The van der Waals surface area contributed by atoms with Crippen molar-refractivity contribution in [3.63, 3.8) is 0 Å². The highest BCUT2D eigenvalue weighted by Crippen LogP contribution is 2.13. The van der Waals surface area contributed by atoms with E-state index in [9.17, 15) is 14.7 Å². The Morgan fingerprint density at radius 3 is 2.45 bits per heavy atom. The maximum absolute atomic E-state index is 12.8. The van der Waals surface area contributed by atoms with Crippen LogP contribution < -0.4 is 5.32 Å². The minimum absolute atomic E-state index is 0.0596. The molecule has 6 nitrogen and oxygen atoms in total. The summed E-state index contributed by atoms with van der Waals surface area (Å²) < 4.78 is 5.30. The number of ether oxygens (including phenoxy) is 1. The molecule has 1 unspecified atom stereocenters. The predicted molar refractivity (Wildman–Crippen MR) is 115 cm³/mol. The van der Waals surface area contributed by atoms with Gasteiger partial charge in [-0.3, -0.25) is 9.59 Å². The van der Waals surface area contributed by atoms with Gasteiger partial charge >= 0.3 is 0 Å². The number of aliphatic hydroxyl groups excluding tert-OH is 1. The summed E-state index contributed by atoms with van der Waals surface area (Å²) in [5, 5.41) is 12.7. The van der Waals surface area contributed by atoms with Crippen LogP contribution in [0.1, 0.15) is 65.8 Å². The Kier molecular flexibility index (Phi) is 11.7. The number of aryl methyl sites for hydroxylation is 1. The summed E-state index contributed by atoms with van der Waals surface area (Å²) in [5.74, 6) is 2.11. The van der Waals surface area contributed by atoms with Crippen LogP contribution in [-0.2, 0) is 4.74 Å². The van der Waals surface area contributed by atoms with E-state index in [1.54, 1.807) is 18.2 Å². The van der Waals surface area contributed by atoms with Crippen molar-refractivity contribution in [2.75, 3.05) is 32.8 Å². The molecule has 2 amide bonds. The van der Waals surface area contributed by atoms with Crippen LogP contribution in [-0.4, -0.2) is 60.8 Å². The summed E-state index contributed by atoms with van der Waals surface area (Å²) in [6, 6.07) is 5.17. The van der Waals surface area contributed by atoms with Gasteiger partial charge < -0.3 is 20.1 Å². The lowest BCUT2D eigenvalue weighted by Crippen LogP contribution is -2.34. The van der Waals surface area contributed by atoms with E-state index >= 15 is 0 Å². The van der Waals surface area contributed by atoms with E-state index in [0.29, 0.717) is 50.3 Å². The molecular weight excluding hydrogens is 368 g/mol. The number of hydrogen-bond acceptors (Lipinski definition) is 4. The smallest absolute Gasteiger partial charge is 0.253 e. The number of carbonyl (C=O) groups is 2. The van der Waals surface area contributed by atoms with Gasteiger partial charge in [0.15, 0.2) is 0 Å². The Balaban J connectivity index is 2.68. The van der Waals surface area contributed by atoms with Crippen LogP contribution in [0.15, 0.2) is 18.2 Å². The average Bonchev–Trinajstić information content (AvgIpc) is 2.70. The van der Waals surface area contributed by atoms with Crippen LogP contribution >= 0.6 is 0 Å². The fraction of sp³-hybridized carbons (Fsp3) is 0.565. The first-order valence-corrected chi connectivity index (χ1v) is 10.3. The minimum Gasteiger partial charge on any atom is -0.391 e. The highest BCUT2D eigenvalue weighted by atomic mass is 16.5. The first kappa shape index (κ1) is 24.7. The first-order valence-electron chi connectivity index (χ1n) is 10.3. The summed E-state index contributed by atoms with van der Waals surface area (Å²) in [7, 11) is 0. The molecule has 0 saturated carbocycles. The lowest BCUT2D eigenvalue weighted by Gasteiger charge is -2.22. The van der Waals surface area contributed by atoms with Crippen LogP contribution in [0.3, 0.4) is 0 Å². The van der Waals surface area contributed by atoms with Crippen LogP contribution in [0.4, 0.5) is 0 Å². The molecule has 0 aromatic heterocycles. The van der Waals surface area contributed by atoms with E-state index in [-0.39, 0.29) is 18.4 Å². The fourth-order valence-electron chi connectivity index (χ4n) is 2.94. The Morgan fingerprint density at radius 2 is 1.83 bits per heavy atom. The van der Waals surface area contributed by atoms with Crippen LogP contribution in [0.2, 0.25) is 0 Å². The number of rotatable bonds is 13. The number of nitrogens with one attached hydrogen (secondary N) is 1. The maximum Gasteiger partial charge on any atom is 0.253 e. The van der Waals surface area contributed by atoms with Crippen molar-refractivity contribution >= 4 is 11.8 Å². The van der Waals surface area contributed by atoms with Crippen LogP contribution in [0.25, 0.3) is 0 Å². The van der Waals surface area contributed by atoms with Crippen LogP contribution in [0, 0.1) is 19.3 Å². The Morgan fingerprint density at radius 1 is 1.17 bits per heavy atom. The SMILES string of the molecule is C#CCCOCCC(O)CNC(=O)c1cc(C)cc(C(=O)N(CCC)CCC)c1. The predicted octanol–water partition coefficient (Wildman–Crippen LogP) is 2.78. The molecule has 0 bridgehead atoms. The normalized spacial score (nSPS) is 11.6. The van der Waals surface area contributed by atoms with Crippen molar-refractivity contribution in [1.82, 2.24) is 10.2 Å². The second kappa shape index (κ2) is 13.8. The summed E-state index contributed by atoms with van der Waals surface area (Å²) in [6.07, 6.45) is 7.15. The Labute approximate surface area is 174 Å². The topological polar surface area (TPSA) is 78.9 Å². The van der Waals surface area contributed by atoms with Gasteiger partial charge in [0.2, 0.25) is 0 Å². The molecule has 0 fully saturated rings. The molecule has 0 saturated heterocycles. The lowest BCUT2D eigenvalue weighted by atomic mass is 10.0. The number of aliphatic hydroxyl groups is 1. The monoisotopic (exact) mass is 402 g/mol. The molecule has 0 aliphatic carbocycles. The summed E-state index contributed by atoms with van der Waals surface area (Å²) in [6.45, 7) is 8.28. The van der Waals surface area contributed by atoms with Gasteiger partial charge in [-0.1, -0.05) is 13.8 Å². The van der Waals surface area contributed by atoms with E-state index in [1.807, 2.05) is 25.7 Å². The molecule has 1 aromatic carbocycles. The van der Waals surface area contributed by atoms with E-state index in [2.05, 4.69) is 11.2 Å². The second-order valence-corrected chi connectivity index (χ2v) is 7.10. The standard InChI is InChI=1S/C23H34N2O4/c1-5-8-12-29-13-9-21(26)17-24-22(27)19-14-18(4)15-20(16-19)23(28)25(10-6-2)11-7-3/h1,14-16,21,26H,6-13,17H2,2-4H3,(H,24,27). The molecule has 0 spiro atoms. The molecule has 6 heteroatoms. The van der Waals surface area contributed by atoms with Crippen molar-refractivity contribution in [1.29, 1.82) is 0 Å². The van der Waals surface area contributed by atoms with E-state index in [4.69, 9.17) is 11.2 Å². The van der Waals surface area contributed by atoms with Crippen molar-refractivity contribution in [2.24, 2.45) is 0 Å². The Hall–Kier alpha value is -2.36. The molecule has 1 rings (SSSR count). The third-order valence-electron chi connectivity index (χ3n) is 4.35. The molecule has 160 valence electrons.